The summed E-state index contributed by atoms with van der Waals surface area (Å²) in [6.45, 7) is 6.66. The smallest absolute Gasteiger partial charge is 0.193 e. The van der Waals surface area contributed by atoms with E-state index in [2.05, 4.69) is 51.4 Å². The molecule has 0 spiro atoms. The molecule has 6 nitrogen and oxygen atoms in total. The molecule has 0 saturated carbocycles. The molecule has 1 atom stereocenters. The fourth-order valence-electron chi connectivity index (χ4n) is 4.71. The van der Waals surface area contributed by atoms with E-state index in [1.165, 1.54) is 35.0 Å². The number of aryl methyl sites for hydroxylation is 1. The van der Waals surface area contributed by atoms with Crippen LogP contribution >= 0.6 is 0 Å². The molecule has 2 fully saturated rings. The van der Waals surface area contributed by atoms with E-state index in [-0.39, 0.29) is 0 Å². The second-order valence-corrected chi connectivity index (χ2v) is 8.51. The number of aliphatic imine (C=N–C) groups is 1. The van der Waals surface area contributed by atoms with Gasteiger partial charge in [0, 0.05) is 49.9 Å². The van der Waals surface area contributed by atoms with E-state index in [1.54, 1.807) is 0 Å². The lowest BCUT2D eigenvalue weighted by atomic mass is 10.1. The molecule has 164 valence electrons. The van der Waals surface area contributed by atoms with E-state index < -0.39 is 0 Å². The van der Waals surface area contributed by atoms with Crippen molar-refractivity contribution in [2.45, 2.75) is 57.7 Å². The highest BCUT2D eigenvalue weighted by Gasteiger charge is 2.23. The highest BCUT2D eigenvalue weighted by molar-refractivity contribution is 5.84. The number of benzene rings is 1. The number of hydrogen-bond acceptors (Lipinski definition) is 3. The Balaban J connectivity index is 1.21. The Labute approximate surface area is 180 Å². The molecule has 0 bridgehead atoms. The van der Waals surface area contributed by atoms with Crippen LogP contribution in [0.4, 0.5) is 0 Å². The number of fused-ring (bicyclic) bond motifs is 1. The number of H-pyrrole nitrogens is 1. The van der Waals surface area contributed by atoms with Crippen molar-refractivity contribution in [3.8, 4) is 0 Å². The normalized spacial score (nSPS) is 21.3. The Morgan fingerprint density at radius 3 is 2.83 bits per heavy atom. The second kappa shape index (κ2) is 10.3. The van der Waals surface area contributed by atoms with Crippen LogP contribution in [0.1, 0.15) is 43.4 Å². The number of para-hydroxylation sites is 1. The molecule has 0 radical (unpaired) electrons. The van der Waals surface area contributed by atoms with Gasteiger partial charge in [0.25, 0.3) is 0 Å². The van der Waals surface area contributed by atoms with Crippen LogP contribution in [0.15, 0.2) is 29.3 Å². The molecule has 2 aromatic rings. The molecule has 2 aliphatic rings. The zero-order valence-electron chi connectivity index (χ0n) is 18.5. The minimum Gasteiger partial charge on any atom is -0.376 e. The van der Waals surface area contributed by atoms with Gasteiger partial charge in [-0.2, -0.15) is 0 Å². The minimum atomic E-state index is 0.305. The Morgan fingerprint density at radius 1 is 1.23 bits per heavy atom. The first-order chi connectivity index (χ1) is 14.7. The van der Waals surface area contributed by atoms with E-state index in [1.807, 2.05) is 7.05 Å². The summed E-state index contributed by atoms with van der Waals surface area (Å²) in [7, 11) is 1.88. The monoisotopic (exact) mass is 412 g/mol. The summed E-state index contributed by atoms with van der Waals surface area (Å²) in [4.78, 5) is 10.4. The Hall–Kier alpha value is -2.05. The molecule has 6 heteroatoms. The number of rotatable bonds is 6. The summed E-state index contributed by atoms with van der Waals surface area (Å²) >= 11 is 0. The van der Waals surface area contributed by atoms with Crippen molar-refractivity contribution < 1.29 is 9.47 Å². The first kappa shape index (κ1) is 21.2. The van der Waals surface area contributed by atoms with Crippen molar-refractivity contribution in [3.63, 3.8) is 0 Å². The third-order valence-corrected chi connectivity index (χ3v) is 6.43. The number of ether oxygens (including phenoxy) is 2. The SMILES string of the molecule is CN=C(NCCc1c(C)[nH]c2ccccc12)N1CCC(OCC2CCCCO2)CC1. The molecule has 1 aromatic heterocycles. The van der Waals surface area contributed by atoms with Crippen molar-refractivity contribution in [1.29, 1.82) is 0 Å². The topological polar surface area (TPSA) is 61.9 Å². The summed E-state index contributed by atoms with van der Waals surface area (Å²) < 4.78 is 11.9. The van der Waals surface area contributed by atoms with E-state index >= 15 is 0 Å². The van der Waals surface area contributed by atoms with Gasteiger partial charge in [-0.25, -0.2) is 0 Å². The molecule has 0 aliphatic carbocycles. The van der Waals surface area contributed by atoms with Crippen LogP contribution in [0.2, 0.25) is 0 Å². The van der Waals surface area contributed by atoms with Gasteiger partial charge in [-0.1, -0.05) is 18.2 Å². The molecule has 4 rings (SSSR count). The van der Waals surface area contributed by atoms with Crippen LogP contribution < -0.4 is 5.32 Å². The summed E-state index contributed by atoms with van der Waals surface area (Å²) in [5.74, 6) is 1.00. The summed E-state index contributed by atoms with van der Waals surface area (Å²) in [5.41, 5.74) is 3.87. The summed E-state index contributed by atoms with van der Waals surface area (Å²) in [5, 5.41) is 4.89. The van der Waals surface area contributed by atoms with Crippen molar-refractivity contribution >= 4 is 16.9 Å². The predicted molar refractivity (Wildman–Crippen MR) is 122 cm³/mol. The maximum Gasteiger partial charge on any atom is 0.193 e. The van der Waals surface area contributed by atoms with Gasteiger partial charge in [0.1, 0.15) is 0 Å². The van der Waals surface area contributed by atoms with Crippen LogP contribution in [0.25, 0.3) is 10.9 Å². The van der Waals surface area contributed by atoms with E-state index in [9.17, 15) is 0 Å². The van der Waals surface area contributed by atoms with Gasteiger partial charge in [-0.3, -0.25) is 4.99 Å². The van der Waals surface area contributed by atoms with Crippen LogP contribution in [0.5, 0.6) is 0 Å². The molecule has 0 amide bonds. The summed E-state index contributed by atoms with van der Waals surface area (Å²) in [6.07, 6.45) is 7.34. The average Bonchev–Trinajstić information content (AvgIpc) is 3.11. The predicted octanol–water partition coefficient (Wildman–Crippen LogP) is 3.64. The van der Waals surface area contributed by atoms with Gasteiger partial charge >= 0.3 is 0 Å². The number of nitrogens with one attached hydrogen (secondary N) is 2. The van der Waals surface area contributed by atoms with Crippen LogP contribution in [0, 0.1) is 6.92 Å². The Bertz CT molecular complexity index is 833. The van der Waals surface area contributed by atoms with Crippen molar-refractivity contribution in [2.24, 2.45) is 4.99 Å². The first-order valence-corrected chi connectivity index (χ1v) is 11.5. The Kier molecular flexibility index (Phi) is 7.28. The number of piperidine rings is 1. The molecule has 2 saturated heterocycles. The number of aromatic nitrogens is 1. The van der Waals surface area contributed by atoms with Gasteiger partial charge < -0.3 is 24.7 Å². The van der Waals surface area contributed by atoms with Gasteiger partial charge in [0.05, 0.1) is 18.8 Å². The molecule has 2 aliphatic heterocycles. The molecule has 30 heavy (non-hydrogen) atoms. The third-order valence-electron chi connectivity index (χ3n) is 6.43. The molecular formula is C24H36N4O2. The largest absolute Gasteiger partial charge is 0.376 e. The maximum absolute atomic E-state index is 6.15. The van der Waals surface area contributed by atoms with Crippen LogP contribution in [-0.2, 0) is 15.9 Å². The number of aromatic amines is 1. The fraction of sp³-hybridized carbons (Fsp3) is 0.625. The van der Waals surface area contributed by atoms with E-state index in [0.717, 1.165) is 64.5 Å². The van der Waals surface area contributed by atoms with Crippen molar-refractivity contribution in [3.05, 3.63) is 35.5 Å². The van der Waals surface area contributed by atoms with Crippen LogP contribution in [0.3, 0.4) is 0 Å². The van der Waals surface area contributed by atoms with Crippen LogP contribution in [-0.4, -0.2) is 67.9 Å². The molecule has 1 unspecified atom stereocenters. The quantitative estimate of drug-likeness (QED) is 0.562. The lowest BCUT2D eigenvalue weighted by molar-refractivity contribution is -0.0721. The molecule has 1 aromatic carbocycles. The van der Waals surface area contributed by atoms with Crippen molar-refractivity contribution in [2.75, 3.05) is 39.9 Å². The second-order valence-electron chi connectivity index (χ2n) is 8.51. The maximum atomic E-state index is 6.15. The molecular weight excluding hydrogens is 376 g/mol. The zero-order valence-corrected chi connectivity index (χ0v) is 18.5. The summed E-state index contributed by atoms with van der Waals surface area (Å²) in [6, 6.07) is 8.53. The lowest BCUT2D eigenvalue weighted by Gasteiger charge is -2.35. The number of hydrogen-bond donors (Lipinski definition) is 2. The van der Waals surface area contributed by atoms with E-state index in [0.29, 0.717) is 12.2 Å². The van der Waals surface area contributed by atoms with Gasteiger partial charge in [0.2, 0.25) is 0 Å². The van der Waals surface area contributed by atoms with Gasteiger partial charge in [0.15, 0.2) is 5.96 Å². The van der Waals surface area contributed by atoms with Gasteiger partial charge in [-0.15, -0.1) is 0 Å². The third kappa shape index (κ3) is 5.16. The molecule has 3 heterocycles. The molecule has 2 N–H and O–H groups in total. The minimum absolute atomic E-state index is 0.305. The number of likely N-dealkylation sites (tertiary alicyclic amines) is 1. The number of guanidine groups is 1. The standard InChI is InChI=1S/C24H36N4O2/c1-18-21(22-8-3-4-9-23(22)27-18)10-13-26-24(25-2)28-14-11-19(12-15-28)30-17-20-7-5-6-16-29-20/h3-4,8-9,19-20,27H,5-7,10-17H2,1-2H3,(H,25,26). The highest BCUT2D eigenvalue weighted by Crippen LogP contribution is 2.22. The lowest BCUT2D eigenvalue weighted by Crippen LogP contribution is -2.47. The first-order valence-electron chi connectivity index (χ1n) is 11.5. The van der Waals surface area contributed by atoms with Gasteiger partial charge in [-0.05, 0) is 57.1 Å². The highest BCUT2D eigenvalue weighted by atomic mass is 16.5. The Morgan fingerprint density at radius 2 is 2.07 bits per heavy atom. The van der Waals surface area contributed by atoms with E-state index in [4.69, 9.17) is 9.47 Å². The average molecular weight is 413 g/mol. The van der Waals surface area contributed by atoms with Crippen molar-refractivity contribution in [1.82, 2.24) is 15.2 Å². The zero-order chi connectivity index (χ0) is 20.8. The fourth-order valence-corrected chi connectivity index (χ4v) is 4.71. The number of nitrogens with zero attached hydrogens (tertiary/aromatic N) is 2.